The lowest BCUT2D eigenvalue weighted by Gasteiger charge is -2.38. The Balaban J connectivity index is 1.37. The third-order valence-electron chi connectivity index (χ3n) is 6.55. The minimum absolute atomic E-state index is 0.140. The molecule has 0 saturated heterocycles. The van der Waals surface area contributed by atoms with Gasteiger partial charge in [-0.05, 0) is 66.6 Å². The van der Waals surface area contributed by atoms with Crippen LogP contribution in [-0.2, 0) is 0 Å². The standard InChI is InChI=1S/C29H32N2O3/c1-3-4-5-8-19-33-24-17-13-22(14-18-24)29-31-27(25-9-6-7-10-28(25)34-29)20-26(30-31)21-11-15-23(32-2)16-12-21/h6-7,9-18,27,29H,3-5,8,19-20H2,1-2H3. The van der Waals surface area contributed by atoms with Gasteiger partial charge in [0.2, 0.25) is 6.23 Å². The lowest BCUT2D eigenvalue weighted by Crippen LogP contribution is -2.33. The molecule has 0 aliphatic carbocycles. The minimum atomic E-state index is -0.283. The molecule has 34 heavy (non-hydrogen) atoms. The van der Waals surface area contributed by atoms with Gasteiger partial charge < -0.3 is 14.2 Å². The largest absolute Gasteiger partial charge is 0.497 e. The highest BCUT2D eigenvalue weighted by Crippen LogP contribution is 2.47. The predicted octanol–water partition coefficient (Wildman–Crippen LogP) is 6.90. The van der Waals surface area contributed by atoms with E-state index in [9.17, 15) is 0 Å². The van der Waals surface area contributed by atoms with Crippen molar-refractivity contribution in [2.45, 2.75) is 51.3 Å². The van der Waals surface area contributed by atoms with E-state index in [1.807, 2.05) is 30.3 Å². The Hall–Kier alpha value is -3.47. The number of hydrogen-bond donors (Lipinski definition) is 0. The molecule has 2 unspecified atom stereocenters. The first-order valence-corrected chi connectivity index (χ1v) is 12.3. The fourth-order valence-electron chi connectivity index (χ4n) is 4.66. The number of hydrazone groups is 1. The van der Waals surface area contributed by atoms with E-state index in [2.05, 4.69) is 54.4 Å². The molecule has 0 bridgehead atoms. The number of unbranched alkanes of at least 4 members (excludes halogenated alkanes) is 3. The average Bonchev–Trinajstić information content (AvgIpc) is 3.34. The van der Waals surface area contributed by atoms with Crippen LogP contribution in [-0.4, -0.2) is 24.4 Å². The molecular formula is C29H32N2O3. The van der Waals surface area contributed by atoms with Crippen molar-refractivity contribution in [3.63, 3.8) is 0 Å². The number of benzene rings is 3. The summed E-state index contributed by atoms with van der Waals surface area (Å²) in [6.45, 7) is 2.98. The lowest BCUT2D eigenvalue weighted by molar-refractivity contribution is -0.0190. The van der Waals surface area contributed by atoms with Crippen LogP contribution in [0.5, 0.6) is 17.2 Å². The van der Waals surface area contributed by atoms with Gasteiger partial charge in [0, 0.05) is 17.5 Å². The van der Waals surface area contributed by atoms with Crippen molar-refractivity contribution in [2.24, 2.45) is 5.10 Å². The number of nitrogens with zero attached hydrogens (tertiary/aromatic N) is 2. The second-order valence-corrected chi connectivity index (χ2v) is 8.86. The first kappa shape index (κ1) is 22.3. The normalized spacial score (nSPS) is 18.5. The number of para-hydroxylation sites is 1. The van der Waals surface area contributed by atoms with Crippen LogP contribution in [0, 0.1) is 0 Å². The zero-order chi connectivity index (χ0) is 23.3. The van der Waals surface area contributed by atoms with Gasteiger partial charge in [-0.15, -0.1) is 0 Å². The number of rotatable bonds is 9. The molecule has 5 rings (SSSR count). The van der Waals surface area contributed by atoms with Crippen molar-refractivity contribution in [1.29, 1.82) is 0 Å². The van der Waals surface area contributed by atoms with Gasteiger partial charge in [-0.3, -0.25) is 0 Å². The highest BCUT2D eigenvalue weighted by atomic mass is 16.5. The topological polar surface area (TPSA) is 43.3 Å². The van der Waals surface area contributed by atoms with Gasteiger partial charge in [-0.2, -0.15) is 5.10 Å². The van der Waals surface area contributed by atoms with Gasteiger partial charge >= 0.3 is 0 Å². The molecule has 2 aliphatic heterocycles. The van der Waals surface area contributed by atoms with Crippen molar-refractivity contribution in [2.75, 3.05) is 13.7 Å². The van der Waals surface area contributed by atoms with Gasteiger partial charge in [0.1, 0.15) is 17.2 Å². The Labute approximate surface area is 202 Å². The van der Waals surface area contributed by atoms with Crippen molar-refractivity contribution in [3.05, 3.63) is 89.5 Å². The number of ether oxygens (including phenoxy) is 3. The maximum atomic E-state index is 6.48. The molecule has 0 N–H and O–H groups in total. The zero-order valence-corrected chi connectivity index (χ0v) is 19.9. The first-order chi connectivity index (χ1) is 16.8. The monoisotopic (exact) mass is 456 g/mol. The van der Waals surface area contributed by atoms with Crippen LogP contribution in [0.2, 0.25) is 0 Å². The summed E-state index contributed by atoms with van der Waals surface area (Å²) in [6, 6.07) is 24.8. The molecule has 0 spiro atoms. The van der Waals surface area contributed by atoms with Crippen molar-refractivity contribution in [1.82, 2.24) is 5.01 Å². The van der Waals surface area contributed by atoms with Gasteiger partial charge in [0.25, 0.3) is 0 Å². The van der Waals surface area contributed by atoms with Gasteiger partial charge in [-0.1, -0.05) is 44.4 Å². The summed E-state index contributed by atoms with van der Waals surface area (Å²) in [4.78, 5) is 0. The molecule has 2 atom stereocenters. The van der Waals surface area contributed by atoms with Crippen LogP contribution in [0.25, 0.3) is 0 Å². The van der Waals surface area contributed by atoms with Crippen molar-refractivity contribution < 1.29 is 14.2 Å². The number of hydrogen-bond acceptors (Lipinski definition) is 5. The number of methoxy groups -OCH3 is 1. The smallest absolute Gasteiger partial charge is 0.213 e. The second-order valence-electron chi connectivity index (χ2n) is 8.86. The molecular weight excluding hydrogens is 424 g/mol. The third kappa shape index (κ3) is 4.60. The van der Waals surface area contributed by atoms with Crippen LogP contribution >= 0.6 is 0 Å². The van der Waals surface area contributed by atoms with E-state index in [-0.39, 0.29) is 12.3 Å². The highest BCUT2D eigenvalue weighted by molar-refractivity contribution is 6.02. The first-order valence-electron chi connectivity index (χ1n) is 12.3. The molecule has 3 aromatic rings. The molecule has 0 saturated carbocycles. The Morgan fingerprint density at radius 2 is 1.68 bits per heavy atom. The molecule has 2 aliphatic rings. The van der Waals surface area contributed by atoms with E-state index < -0.39 is 0 Å². The van der Waals surface area contributed by atoms with E-state index >= 15 is 0 Å². The van der Waals surface area contributed by atoms with E-state index in [1.165, 1.54) is 24.8 Å². The zero-order valence-electron chi connectivity index (χ0n) is 19.9. The van der Waals surface area contributed by atoms with E-state index in [4.69, 9.17) is 19.3 Å². The lowest BCUT2D eigenvalue weighted by atomic mass is 9.96. The van der Waals surface area contributed by atoms with Gasteiger partial charge in [0.05, 0.1) is 25.5 Å². The van der Waals surface area contributed by atoms with Gasteiger partial charge in [-0.25, -0.2) is 5.01 Å². The third-order valence-corrected chi connectivity index (χ3v) is 6.55. The summed E-state index contributed by atoms with van der Waals surface area (Å²) < 4.78 is 17.7. The Morgan fingerprint density at radius 1 is 0.912 bits per heavy atom. The molecule has 5 nitrogen and oxygen atoms in total. The van der Waals surface area contributed by atoms with Crippen LogP contribution in [0.1, 0.15) is 68.0 Å². The molecule has 3 aromatic carbocycles. The Kier molecular flexibility index (Phi) is 6.70. The molecule has 176 valence electrons. The van der Waals surface area contributed by atoms with Crippen molar-refractivity contribution >= 4 is 5.71 Å². The van der Waals surface area contributed by atoms with Crippen LogP contribution in [0.4, 0.5) is 0 Å². The van der Waals surface area contributed by atoms with E-state index in [0.29, 0.717) is 0 Å². The SMILES string of the molecule is CCCCCCOc1ccc(C2Oc3ccccc3C3CC(c4ccc(OC)cc4)=NN32)cc1. The quantitative estimate of drug-likeness (QED) is 0.329. The van der Waals surface area contributed by atoms with Gasteiger partial charge in [0.15, 0.2) is 0 Å². The molecule has 0 fully saturated rings. The van der Waals surface area contributed by atoms with E-state index in [1.54, 1.807) is 7.11 Å². The highest BCUT2D eigenvalue weighted by Gasteiger charge is 2.40. The summed E-state index contributed by atoms with van der Waals surface area (Å²) in [7, 11) is 1.68. The summed E-state index contributed by atoms with van der Waals surface area (Å²) >= 11 is 0. The average molecular weight is 457 g/mol. The van der Waals surface area contributed by atoms with E-state index in [0.717, 1.165) is 53.5 Å². The Bertz CT molecular complexity index is 1120. The summed E-state index contributed by atoms with van der Waals surface area (Å²) in [5.41, 5.74) is 4.42. The summed E-state index contributed by atoms with van der Waals surface area (Å²) in [6.07, 6.45) is 5.36. The van der Waals surface area contributed by atoms with Crippen molar-refractivity contribution in [3.8, 4) is 17.2 Å². The predicted molar refractivity (Wildman–Crippen MR) is 135 cm³/mol. The molecule has 5 heteroatoms. The van der Waals surface area contributed by atoms with Crippen LogP contribution in [0.3, 0.4) is 0 Å². The molecule has 0 aromatic heterocycles. The molecule has 0 amide bonds. The summed E-state index contributed by atoms with van der Waals surface area (Å²) in [5, 5.41) is 7.16. The maximum Gasteiger partial charge on any atom is 0.213 e. The van der Waals surface area contributed by atoms with Crippen LogP contribution < -0.4 is 14.2 Å². The fourth-order valence-corrected chi connectivity index (χ4v) is 4.66. The molecule has 2 heterocycles. The fraction of sp³-hybridized carbons (Fsp3) is 0.345. The number of fused-ring (bicyclic) bond motifs is 3. The molecule has 0 radical (unpaired) electrons. The maximum absolute atomic E-state index is 6.48. The second kappa shape index (κ2) is 10.2. The Morgan fingerprint density at radius 3 is 2.44 bits per heavy atom. The van der Waals surface area contributed by atoms with Crippen LogP contribution in [0.15, 0.2) is 77.9 Å². The minimum Gasteiger partial charge on any atom is -0.497 e. The summed E-state index contributed by atoms with van der Waals surface area (Å²) in [5.74, 6) is 2.67.